The maximum Gasteiger partial charge on any atom is 0.351 e. The molecule has 1 fully saturated rings. The maximum absolute atomic E-state index is 12.8. The van der Waals surface area contributed by atoms with E-state index in [-0.39, 0.29) is 18.7 Å². The summed E-state index contributed by atoms with van der Waals surface area (Å²) in [5, 5.41) is 8.10. The fourth-order valence-corrected chi connectivity index (χ4v) is 3.30. The van der Waals surface area contributed by atoms with E-state index in [2.05, 4.69) is 20.2 Å². The predicted molar refractivity (Wildman–Crippen MR) is 115 cm³/mol. The van der Waals surface area contributed by atoms with Gasteiger partial charge in [0.15, 0.2) is 0 Å². The van der Waals surface area contributed by atoms with Crippen molar-refractivity contribution in [3.8, 4) is 28.5 Å². The minimum absolute atomic E-state index is 0.00524. The summed E-state index contributed by atoms with van der Waals surface area (Å²) in [6, 6.07) is 13.0. The summed E-state index contributed by atoms with van der Waals surface area (Å²) in [6.45, 7) is -0.0101. The van der Waals surface area contributed by atoms with E-state index in [1.165, 1.54) is 10.9 Å². The Kier molecular flexibility index (Phi) is 5.20. The van der Waals surface area contributed by atoms with Crippen molar-refractivity contribution >= 4 is 0 Å². The number of aromatic nitrogens is 6. The zero-order chi connectivity index (χ0) is 22.1. The molecule has 32 heavy (non-hydrogen) atoms. The van der Waals surface area contributed by atoms with E-state index in [4.69, 9.17) is 10.3 Å². The van der Waals surface area contributed by atoms with Gasteiger partial charge < -0.3 is 10.3 Å². The lowest BCUT2D eigenvalue weighted by Crippen LogP contribution is -2.26. The summed E-state index contributed by atoms with van der Waals surface area (Å²) in [4.78, 5) is 21.7. The highest BCUT2D eigenvalue weighted by atomic mass is 19.1. The van der Waals surface area contributed by atoms with Crippen molar-refractivity contribution in [2.24, 2.45) is 5.73 Å². The molecule has 10 heteroatoms. The minimum atomic E-state index is -0.429. The molecule has 0 spiro atoms. The summed E-state index contributed by atoms with van der Waals surface area (Å²) in [7, 11) is 0. The van der Waals surface area contributed by atoms with Crippen LogP contribution >= 0.6 is 0 Å². The second-order valence-corrected chi connectivity index (χ2v) is 7.60. The zero-order valence-electron chi connectivity index (χ0n) is 17.1. The molecule has 1 aliphatic carbocycles. The van der Waals surface area contributed by atoms with Crippen LogP contribution in [0.1, 0.15) is 24.7 Å². The molecule has 9 nitrogen and oxygen atoms in total. The first-order chi connectivity index (χ1) is 15.7. The summed E-state index contributed by atoms with van der Waals surface area (Å²) >= 11 is 0. The summed E-state index contributed by atoms with van der Waals surface area (Å²) in [5.41, 5.74) is 7.72. The molecule has 3 heterocycles. The molecule has 1 saturated carbocycles. The van der Waals surface area contributed by atoms with Crippen molar-refractivity contribution in [1.29, 1.82) is 0 Å². The molecule has 0 amide bonds. The molecule has 1 aliphatic rings. The zero-order valence-corrected chi connectivity index (χ0v) is 17.1. The molecular formula is C22H20FN7O2. The lowest BCUT2D eigenvalue weighted by atomic mass is 10.1. The highest BCUT2D eigenvalue weighted by Gasteiger charge is 2.29. The van der Waals surface area contributed by atoms with Crippen LogP contribution in [0.5, 0.6) is 0 Å². The number of hydrogen-bond donors (Lipinski definition) is 1. The Labute approximate surface area is 182 Å². The highest BCUT2D eigenvalue weighted by Crippen LogP contribution is 2.39. The standard InChI is InChI=1S/C22H20FN7O2/c23-10-14(11-24)12-30-22(31)29(13-25-30)19-3-1-2-18(26-19)15-4-6-16(7-5-15)20-27-21(32-28-20)17-8-9-17/h1-7,10,13,17H,8-9,11-12,24H2/b14-10+. The summed E-state index contributed by atoms with van der Waals surface area (Å²) in [5.74, 6) is 2.09. The highest BCUT2D eigenvalue weighted by molar-refractivity contribution is 5.65. The predicted octanol–water partition coefficient (Wildman–Crippen LogP) is 2.84. The van der Waals surface area contributed by atoms with Crippen molar-refractivity contribution < 1.29 is 8.91 Å². The van der Waals surface area contributed by atoms with Gasteiger partial charge >= 0.3 is 5.69 Å². The van der Waals surface area contributed by atoms with Crippen LogP contribution in [0, 0.1) is 0 Å². The molecule has 162 valence electrons. The Morgan fingerprint density at radius 1 is 1.16 bits per heavy atom. The third-order valence-corrected chi connectivity index (χ3v) is 5.29. The first kappa shape index (κ1) is 20.0. The number of benzene rings is 1. The molecule has 0 unspecified atom stereocenters. The van der Waals surface area contributed by atoms with Gasteiger partial charge in [-0.05, 0) is 30.5 Å². The molecule has 1 aromatic carbocycles. The van der Waals surface area contributed by atoms with E-state index in [0.29, 0.717) is 35.5 Å². The molecule has 5 rings (SSSR count). The molecule has 0 bridgehead atoms. The van der Waals surface area contributed by atoms with E-state index in [0.717, 1.165) is 28.7 Å². The van der Waals surface area contributed by atoms with Gasteiger partial charge in [-0.3, -0.25) is 0 Å². The van der Waals surface area contributed by atoms with E-state index in [1.54, 1.807) is 6.07 Å². The molecule has 4 aromatic rings. The SMILES string of the molecule is NC/C(=C\F)Cn1ncn(-c2cccc(-c3ccc(-c4noc(C5CC5)n4)cc3)n2)c1=O. The Hall–Kier alpha value is -3.92. The first-order valence-corrected chi connectivity index (χ1v) is 10.2. The molecule has 0 radical (unpaired) electrons. The van der Waals surface area contributed by atoms with Crippen LogP contribution in [-0.2, 0) is 6.54 Å². The van der Waals surface area contributed by atoms with Gasteiger partial charge in [0.05, 0.1) is 18.6 Å². The van der Waals surface area contributed by atoms with Crippen LogP contribution in [0.2, 0.25) is 0 Å². The normalized spacial score (nSPS) is 14.1. The van der Waals surface area contributed by atoms with Crippen LogP contribution in [0.3, 0.4) is 0 Å². The van der Waals surface area contributed by atoms with E-state index in [9.17, 15) is 9.18 Å². The maximum atomic E-state index is 12.8. The molecule has 0 atom stereocenters. The molecular weight excluding hydrogens is 413 g/mol. The van der Waals surface area contributed by atoms with E-state index >= 15 is 0 Å². The molecule has 0 aliphatic heterocycles. The van der Waals surface area contributed by atoms with Gasteiger partial charge in [0.25, 0.3) is 0 Å². The third-order valence-electron chi connectivity index (χ3n) is 5.29. The van der Waals surface area contributed by atoms with Gasteiger partial charge in [-0.15, -0.1) is 0 Å². The second-order valence-electron chi connectivity index (χ2n) is 7.60. The van der Waals surface area contributed by atoms with Crippen molar-refractivity contribution in [3.63, 3.8) is 0 Å². The lowest BCUT2D eigenvalue weighted by molar-refractivity contribution is 0.380. The Balaban J connectivity index is 1.39. The number of hydrogen-bond acceptors (Lipinski definition) is 7. The van der Waals surface area contributed by atoms with Crippen LogP contribution in [0.15, 0.2) is 70.0 Å². The summed E-state index contributed by atoms with van der Waals surface area (Å²) < 4.78 is 20.6. The smallest absolute Gasteiger partial charge is 0.339 e. The molecule has 3 aromatic heterocycles. The largest absolute Gasteiger partial charge is 0.351 e. The Morgan fingerprint density at radius 3 is 2.66 bits per heavy atom. The molecule has 0 saturated heterocycles. The second kappa shape index (κ2) is 8.31. The Morgan fingerprint density at radius 2 is 1.94 bits per heavy atom. The number of nitrogens with zero attached hydrogens (tertiary/aromatic N) is 6. The lowest BCUT2D eigenvalue weighted by Gasteiger charge is -2.05. The van der Waals surface area contributed by atoms with Crippen LogP contribution in [0.4, 0.5) is 4.39 Å². The van der Waals surface area contributed by atoms with Gasteiger partial charge in [0, 0.05) is 23.6 Å². The Bertz CT molecular complexity index is 1330. The number of rotatable bonds is 7. The minimum Gasteiger partial charge on any atom is -0.339 e. The average molecular weight is 433 g/mol. The van der Waals surface area contributed by atoms with Gasteiger partial charge in [0.2, 0.25) is 11.7 Å². The van der Waals surface area contributed by atoms with Gasteiger partial charge in [-0.25, -0.2) is 23.4 Å². The number of nitrogens with two attached hydrogens (primary N) is 1. The van der Waals surface area contributed by atoms with Gasteiger partial charge in [-0.2, -0.15) is 10.1 Å². The third kappa shape index (κ3) is 3.87. The van der Waals surface area contributed by atoms with E-state index in [1.807, 2.05) is 36.4 Å². The first-order valence-electron chi connectivity index (χ1n) is 10.2. The fourth-order valence-electron chi connectivity index (χ4n) is 3.30. The van der Waals surface area contributed by atoms with Crippen molar-refractivity contribution in [2.75, 3.05) is 6.54 Å². The summed E-state index contributed by atoms with van der Waals surface area (Å²) in [6.07, 6.45) is 3.96. The number of halogens is 1. The van der Waals surface area contributed by atoms with Crippen molar-refractivity contribution in [3.05, 3.63) is 77.1 Å². The van der Waals surface area contributed by atoms with Crippen molar-refractivity contribution in [2.45, 2.75) is 25.3 Å². The van der Waals surface area contributed by atoms with Gasteiger partial charge in [0.1, 0.15) is 12.1 Å². The van der Waals surface area contributed by atoms with E-state index < -0.39 is 5.69 Å². The average Bonchev–Trinajstić information content (AvgIpc) is 3.46. The van der Waals surface area contributed by atoms with Gasteiger partial charge in [-0.1, -0.05) is 35.5 Å². The van der Waals surface area contributed by atoms with Crippen molar-refractivity contribution in [1.82, 2.24) is 29.5 Å². The number of pyridine rings is 1. The topological polar surface area (TPSA) is 118 Å². The van der Waals surface area contributed by atoms with Crippen LogP contribution in [0.25, 0.3) is 28.5 Å². The van der Waals surface area contributed by atoms with Crippen LogP contribution in [-0.4, -0.2) is 36.0 Å². The fraction of sp³-hybridized carbons (Fsp3) is 0.227. The van der Waals surface area contributed by atoms with Crippen LogP contribution < -0.4 is 11.4 Å². The monoisotopic (exact) mass is 433 g/mol. The quantitative estimate of drug-likeness (QED) is 0.476. The molecule has 2 N–H and O–H groups in total.